The lowest BCUT2D eigenvalue weighted by atomic mass is 9.99. The fraction of sp³-hybridized carbons (Fsp3) is 0.500. The fourth-order valence-electron chi connectivity index (χ4n) is 3.15. The summed E-state index contributed by atoms with van der Waals surface area (Å²) < 4.78 is 30.7. The Labute approximate surface area is 177 Å². The van der Waals surface area contributed by atoms with Crippen molar-refractivity contribution >= 4 is 33.3 Å². The van der Waals surface area contributed by atoms with Gasteiger partial charge in [0.15, 0.2) is 0 Å². The number of rotatable bonds is 5. The highest BCUT2D eigenvalue weighted by Gasteiger charge is 2.36. The summed E-state index contributed by atoms with van der Waals surface area (Å²) in [6.07, 6.45) is 0.972. The molecule has 1 unspecified atom stereocenters. The van der Waals surface area contributed by atoms with Crippen LogP contribution in [0.2, 0.25) is 0 Å². The summed E-state index contributed by atoms with van der Waals surface area (Å²) in [4.78, 5) is 0. The van der Waals surface area contributed by atoms with Crippen molar-refractivity contribution in [3.63, 3.8) is 0 Å². The van der Waals surface area contributed by atoms with Crippen molar-refractivity contribution in [2.45, 2.75) is 67.5 Å². The van der Waals surface area contributed by atoms with Crippen LogP contribution < -0.4 is 5.84 Å². The molecule has 5 nitrogen and oxygen atoms in total. The molecule has 0 saturated heterocycles. The molecule has 1 aliphatic heterocycles. The average Bonchev–Trinajstić information content (AvgIpc) is 3.06. The third kappa shape index (κ3) is 4.47. The lowest BCUT2D eigenvalue weighted by Gasteiger charge is -2.31. The first-order valence-corrected chi connectivity index (χ1v) is 12.5. The van der Waals surface area contributed by atoms with E-state index in [1.54, 1.807) is 32.7 Å². The van der Waals surface area contributed by atoms with E-state index in [0.29, 0.717) is 10.1 Å². The molecule has 0 amide bonds. The SMILES string of the molecule is CCC1CN(Cc2ccc(C)cc2)Sc2sc(S(=O)(=O)N(N)C(C)(C)C)cc21. The summed E-state index contributed by atoms with van der Waals surface area (Å²) in [5.41, 5.74) is 2.99. The molecule has 2 N–H and O–H groups in total. The number of hydrogen-bond acceptors (Lipinski definition) is 6. The average molecular weight is 440 g/mol. The van der Waals surface area contributed by atoms with Gasteiger partial charge in [0, 0.05) is 18.6 Å². The standard InChI is InChI=1S/C20H29N3O2S3/c1-6-16-13-22(12-15-9-7-14(2)8-10-15)27-19-17(16)11-18(26-19)28(24,25)23(21)20(3,4)5/h7-11,16H,6,12-13,21H2,1-5H3. The van der Waals surface area contributed by atoms with Crippen molar-refractivity contribution in [1.29, 1.82) is 0 Å². The molecule has 1 aromatic heterocycles. The Morgan fingerprint density at radius 3 is 2.46 bits per heavy atom. The number of hydrazine groups is 1. The maximum atomic E-state index is 13.0. The van der Waals surface area contributed by atoms with E-state index < -0.39 is 15.6 Å². The van der Waals surface area contributed by atoms with Gasteiger partial charge in [0.05, 0.1) is 4.21 Å². The Bertz CT molecular complexity index is 931. The topological polar surface area (TPSA) is 66.6 Å². The highest BCUT2D eigenvalue weighted by molar-refractivity contribution is 7.99. The predicted octanol–water partition coefficient (Wildman–Crippen LogP) is 4.74. The van der Waals surface area contributed by atoms with Gasteiger partial charge in [0.2, 0.25) is 0 Å². The normalized spacial score (nSPS) is 18.5. The molecular formula is C20H29N3O2S3. The number of aryl methyl sites for hydroxylation is 1. The molecule has 3 rings (SSSR count). The molecule has 0 aliphatic carbocycles. The molecule has 2 aromatic rings. The fourth-order valence-corrected chi connectivity index (χ4v) is 7.89. The summed E-state index contributed by atoms with van der Waals surface area (Å²) in [7, 11) is -3.71. The number of nitrogens with zero attached hydrogens (tertiary/aromatic N) is 2. The molecule has 28 heavy (non-hydrogen) atoms. The van der Waals surface area contributed by atoms with Crippen molar-refractivity contribution in [3.8, 4) is 0 Å². The number of nitrogens with two attached hydrogens (primary N) is 1. The Morgan fingerprint density at radius 1 is 1.25 bits per heavy atom. The molecule has 0 spiro atoms. The van der Waals surface area contributed by atoms with Crippen LogP contribution in [0.1, 0.15) is 56.7 Å². The van der Waals surface area contributed by atoms with E-state index in [1.807, 2.05) is 6.07 Å². The molecule has 0 saturated carbocycles. The van der Waals surface area contributed by atoms with Crippen molar-refractivity contribution in [3.05, 3.63) is 47.0 Å². The van der Waals surface area contributed by atoms with Crippen LogP contribution >= 0.6 is 23.3 Å². The van der Waals surface area contributed by atoms with Gasteiger partial charge < -0.3 is 0 Å². The Morgan fingerprint density at radius 2 is 1.89 bits per heavy atom. The molecule has 1 aromatic carbocycles. The zero-order valence-corrected chi connectivity index (χ0v) is 19.5. The van der Waals surface area contributed by atoms with Gasteiger partial charge >= 0.3 is 0 Å². The number of benzene rings is 1. The van der Waals surface area contributed by atoms with Crippen molar-refractivity contribution in [2.75, 3.05) is 6.54 Å². The molecule has 1 atom stereocenters. The summed E-state index contributed by atoms with van der Waals surface area (Å²) in [5, 5.41) is 0. The lowest BCUT2D eigenvalue weighted by Crippen LogP contribution is -2.50. The molecule has 0 fully saturated rings. The van der Waals surface area contributed by atoms with Crippen molar-refractivity contribution in [1.82, 2.24) is 8.72 Å². The van der Waals surface area contributed by atoms with Crippen LogP contribution in [0.15, 0.2) is 38.8 Å². The van der Waals surface area contributed by atoms with E-state index in [-0.39, 0.29) is 0 Å². The smallest absolute Gasteiger partial charge is 0.254 e. The van der Waals surface area contributed by atoms with Crippen LogP contribution in [0, 0.1) is 6.92 Å². The van der Waals surface area contributed by atoms with Crippen molar-refractivity contribution < 1.29 is 8.42 Å². The first kappa shape index (κ1) is 21.8. The maximum absolute atomic E-state index is 13.0. The van der Waals surface area contributed by atoms with Gasteiger partial charge in [-0.2, -0.15) is 0 Å². The second kappa shape index (κ2) is 8.08. The Hall–Kier alpha value is -0.900. The second-order valence-corrected chi connectivity index (χ2v) is 12.7. The van der Waals surface area contributed by atoms with Gasteiger partial charge in [-0.1, -0.05) is 36.8 Å². The highest BCUT2D eigenvalue weighted by Crippen LogP contribution is 2.46. The minimum atomic E-state index is -3.71. The van der Waals surface area contributed by atoms with Gasteiger partial charge in [-0.15, -0.1) is 15.8 Å². The lowest BCUT2D eigenvalue weighted by molar-refractivity contribution is 0.256. The Kier molecular flexibility index (Phi) is 6.29. The minimum Gasteiger partial charge on any atom is -0.254 e. The zero-order chi connectivity index (χ0) is 20.7. The number of sulfonamides is 1. The van der Waals surface area contributed by atoms with Gasteiger partial charge in [0.25, 0.3) is 10.0 Å². The van der Waals surface area contributed by atoms with E-state index in [1.165, 1.54) is 22.5 Å². The molecule has 0 radical (unpaired) electrons. The van der Waals surface area contributed by atoms with Gasteiger partial charge in [-0.25, -0.2) is 12.7 Å². The molecule has 154 valence electrons. The number of hydrogen-bond donors (Lipinski definition) is 1. The quantitative estimate of drug-likeness (QED) is 0.414. The summed E-state index contributed by atoms with van der Waals surface area (Å²) in [6, 6.07) is 10.4. The van der Waals surface area contributed by atoms with Crippen LogP contribution in [0.5, 0.6) is 0 Å². The third-order valence-corrected chi connectivity index (χ3v) is 9.65. The molecule has 1 aliphatic rings. The molecule has 2 heterocycles. The first-order valence-electron chi connectivity index (χ1n) is 9.44. The second-order valence-electron chi connectivity index (χ2n) is 8.28. The summed E-state index contributed by atoms with van der Waals surface area (Å²) in [5.74, 6) is 6.28. The molecule has 8 heteroatoms. The van der Waals surface area contributed by atoms with E-state index in [2.05, 4.69) is 42.4 Å². The van der Waals surface area contributed by atoms with Crippen molar-refractivity contribution in [2.24, 2.45) is 5.84 Å². The zero-order valence-electron chi connectivity index (χ0n) is 17.1. The summed E-state index contributed by atoms with van der Waals surface area (Å²) >= 11 is 2.99. The largest absolute Gasteiger partial charge is 0.265 e. The summed E-state index contributed by atoms with van der Waals surface area (Å²) in [6.45, 7) is 11.4. The van der Waals surface area contributed by atoms with Gasteiger partial charge in [-0.3, -0.25) is 5.84 Å². The molecular weight excluding hydrogens is 410 g/mol. The monoisotopic (exact) mass is 439 g/mol. The van der Waals surface area contributed by atoms with Gasteiger partial charge in [-0.05, 0) is 69.2 Å². The van der Waals surface area contributed by atoms with Crippen LogP contribution in [0.25, 0.3) is 0 Å². The van der Waals surface area contributed by atoms with Gasteiger partial charge in [0.1, 0.15) is 4.21 Å². The van der Waals surface area contributed by atoms with Crippen LogP contribution in [-0.2, 0) is 16.6 Å². The molecule has 0 bridgehead atoms. The van der Waals surface area contributed by atoms with Crippen LogP contribution in [-0.4, -0.2) is 29.2 Å². The predicted molar refractivity (Wildman–Crippen MR) is 118 cm³/mol. The Balaban J connectivity index is 1.87. The third-order valence-electron chi connectivity index (χ3n) is 4.92. The number of fused-ring (bicyclic) bond motifs is 1. The van der Waals surface area contributed by atoms with E-state index in [9.17, 15) is 8.42 Å². The first-order chi connectivity index (χ1) is 13.0. The minimum absolute atomic E-state index is 0.322. The highest BCUT2D eigenvalue weighted by atomic mass is 32.3. The van der Waals surface area contributed by atoms with E-state index in [4.69, 9.17) is 5.84 Å². The van der Waals surface area contributed by atoms with Crippen LogP contribution in [0.3, 0.4) is 0 Å². The number of thiophene rings is 1. The maximum Gasteiger partial charge on any atom is 0.265 e. The van der Waals surface area contributed by atoms with Crippen LogP contribution in [0.4, 0.5) is 0 Å². The van der Waals surface area contributed by atoms with E-state index in [0.717, 1.165) is 33.7 Å². The van der Waals surface area contributed by atoms with E-state index >= 15 is 0 Å².